The number of aromatic nitrogens is 1. The summed E-state index contributed by atoms with van der Waals surface area (Å²) in [7, 11) is 0. The minimum absolute atomic E-state index is 0.0797. The SMILES string of the molecule is CSC(C)(C)c1cccc2ocnc12. The Labute approximate surface area is 87.7 Å². The monoisotopic (exact) mass is 207 g/mol. The summed E-state index contributed by atoms with van der Waals surface area (Å²) in [6, 6.07) is 6.07. The standard InChI is InChI=1S/C11H13NOS/c1-11(2,14-3)8-5-4-6-9-10(8)12-7-13-9/h4-7H,1-3H3. The van der Waals surface area contributed by atoms with E-state index in [-0.39, 0.29) is 4.75 Å². The highest BCUT2D eigenvalue weighted by Gasteiger charge is 2.22. The molecule has 0 saturated heterocycles. The van der Waals surface area contributed by atoms with Gasteiger partial charge in [-0.1, -0.05) is 12.1 Å². The van der Waals surface area contributed by atoms with Crippen molar-refractivity contribution >= 4 is 22.9 Å². The number of nitrogens with zero attached hydrogens (tertiary/aromatic N) is 1. The van der Waals surface area contributed by atoms with E-state index in [1.807, 2.05) is 23.9 Å². The molecule has 2 aromatic rings. The lowest BCUT2D eigenvalue weighted by Crippen LogP contribution is -2.11. The predicted octanol–water partition coefficient (Wildman–Crippen LogP) is 3.43. The third-order valence-electron chi connectivity index (χ3n) is 2.52. The number of benzene rings is 1. The maximum Gasteiger partial charge on any atom is 0.181 e. The van der Waals surface area contributed by atoms with Crippen LogP contribution in [0.3, 0.4) is 0 Å². The summed E-state index contributed by atoms with van der Waals surface area (Å²) < 4.78 is 5.36. The van der Waals surface area contributed by atoms with Crippen LogP contribution in [-0.2, 0) is 4.75 Å². The van der Waals surface area contributed by atoms with Gasteiger partial charge in [0.1, 0.15) is 5.52 Å². The molecular formula is C11H13NOS. The molecule has 14 heavy (non-hydrogen) atoms. The second-order valence-corrected chi connectivity index (χ2v) is 5.15. The van der Waals surface area contributed by atoms with E-state index < -0.39 is 0 Å². The molecule has 0 aliphatic rings. The summed E-state index contributed by atoms with van der Waals surface area (Å²) in [4.78, 5) is 4.25. The molecule has 0 amide bonds. The molecule has 0 radical (unpaired) electrons. The average molecular weight is 207 g/mol. The molecule has 0 aliphatic carbocycles. The fraction of sp³-hybridized carbons (Fsp3) is 0.364. The van der Waals surface area contributed by atoms with E-state index in [1.54, 1.807) is 0 Å². The fourth-order valence-electron chi connectivity index (χ4n) is 1.48. The van der Waals surface area contributed by atoms with E-state index in [0.717, 1.165) is 11.1 Å². The molecule has 0 spiro atoms. The number of oxazole rings is 1. The molecule has 1 aromatic heterocycles. The number of hydrogen-bond acceptors (Lipinski definition) is 3. The molecule has 74 valence electrons. The van der Waals surface area contributed by atoms with E-state index >= 15 is 0 Å². The Kier molecular flexibility index (Phi) is 2.27. The van der Waals surface area contributed by atoms with Gasteiger partial charge in [0.15, 0.2) is 12.0 Å². The number of thioether (sulfide) groups is 1. The number of fused-ring (bicyclic) bond motifs is 1. The molecule has 0 fully saturated rings. The lowest BCUT2D eigenvalue weighted by Gasteiger charge is -2.22. The first-order valence-corrected chi connectivity index (χ1v) is 5.75. The third kappa shape index (κ3) is 1.42. The minimum Gasteiger partial charge on any atom is -0.443 e. The van der Waals surface area contributed by atoms with Crippen LogP contribution in [-0.4, -0.2) is 11.2 Å². The van der Waals surface area contributed by atoms with Crippen LogP contribution in [0.5, 0.6) is 0 Å². The van der Waals surface area contributed by atoms with Gasteiger partial charge in [0.05, 0.1) is 0 Å². The van der Waals surface area contributed by atoms with Crippen LogP contribution in [0.2, 0.25) is 0 Å². The second kappa shape index (κ2) is 3.31. The van der Waals surface area contributed by atoms with Crippen molar-refractivity contribution in [1.82, 2.24) is 4.98 Å². The van der Waals surface area contributed by atoms with Crippen LogP contribution in [0.15, 0.2) is 29.0 Å². The normalized spacial score (nSPS) is 12.2. The van der Waals surface area contributed by atoms with Crippen LogP contribution >= 0.6 is 11.8 Å². The van der Waals surface area contributed by atoms with Gasteiger partial charge in [-0.15, -0.1) is 0 Å². The van der Waals surface area contributed by atoms with Crippen LogP contribution < -0.4 is 0 Å². The molecule has 0 bridgehead atoms. The molecule has 0 unspecified atom stereocenters. The molecule has 1 aromatic carbocycles. The van der Waals surface area contributed by atoms with Crippen molar-refractivity contribution in [2.75, 3.05) is 6.26 Å². The van der Waals surface area contributed by atoms with Gasteiger partial charge in [-0.3, -0.25) is 0 Å². The van der Waals surface area contributed by atoms with Crippen molar-refractivity contribution in [2.24, 2.45) is 0 Å². The van der Waals surface area contributed by atoms with Crippen LogP contribution in [0, 0.1) is 0 Å². The van der Waals surface area contributed by atoms with E-state index in [2.05, 4.69) is 31.2 Å². The van der Waals surface area contributed by atoms with Crippen LogP contribution in [0.1, 0.15) is 19.4 Å². The Morgan fingerprint density at radius 3 is 2.86 bits per heavy atom. The molecule has 0 aliphatic heterocycles. The average Bonchev–Trinajstić information content (AvgIpc) is 2.64. The fourth-order valence-corrected chi connectivity index (χ4v) is 1.87. The summed E-state index contributed by atoms with van der Waals surface area (Å²) in [5.41, 5.74) is 3.08. The maximum absolute atomic E-state index is 5.28. The van der Waals surface area contributed by atoms with Crippen molar-refractivity contribution < 1.29 is 4.42 Å². The summed E-state index contributed by atoms with van der Waals surface area (Å²) in [6.07, 6.45) is 3.61. The first-order valence-electron chi connectivity index (χ1n) is 4.53. The van der Waals surface area contributed by atoms with Crippen molar-refractivity contribution in [3.8, 4) is 0 Å². The molecule has 2 rings (SSSR count). The van der Waals surface area contributed by atoms with Gasteiger partial charge in [-0.2, -0.15) is 11.8 Å². The Balaban J connectivity index is 2.67. The van der Waals surface area contributed by atoms with Gasteiger partial charge in [-0.25, -0.2) is 4.98 Å². The van der Waals surface area contributed by atoms with Crippen molar-refractivity contribution in [1.29, 1.82) is 0 Å². The smallest absolute Gasteiger partial charge is 0.181 e. The second-order valence-electron chi connectivity index (χ2n) is 3.72. The van der Waals surface area contributed by atoms with Gasteiger partial charge in [0.25, 0.3) is 0 Å². The van der Waals surface area contributed by atoms with E-state index in [1.165, 1.54) is 12.0 Å². The molecule has 0 atom stereocenters. The quantitative estimate of drug-likeness (QED) is 0.754. The van der Waals surface area contributed by atoms with Gasteiger partial charge in [-0.05, 0) is 31.7 Å². The van der Waals surface area contributed by atoms with Crippen LogP contribution in [0.25, 0.3) is 11.1 Å². The van der Waals surface area contributed by atoms with Gasteiger partial charge < -0.3 is 4.42 Å². The van der Waals surface area contributed by atoms with Gasteiger partial charge in [0, 0.05) is 4.75 Å². The summed E-state index contributed by atoms with van der Waals surface area (Å²) in [5, 5.41) is 0. The predicted molar refractivity (Wildman–Crippen MR) is 60.6 cm³/mol. The number of para-hydroxylation sites is 1. The van der Waals surface area contributed by atoms with Gasteiger partial charge in [0.2, 0.25) is 0 Å². The number of hydrogen-bond donors (Lipinski definition) is 0. The minimum atomic E-state index is 0.0797. The van der Waals surface area contributed by atoms with E-state index in [0.29, 0.717) is 0 Å². The highest BCUT2D eigenvalue weighted by Crippen LogP contribution is 2.36. The Morgan fingerprint density at radius 1 is 1.36 bits per heavy atom. The van der Waals surface area contributed by atoms with E-state index in [9.17, 15) is 0 Å². The highest BCUT2D eigenvalue weighted by molar-refractivity contribution is 7.99. The summed E-state index contributed by atoms with van der Waals surface area (Å²) in [5.74, 6) is 0. The Morgan fingerprint density at radius 2 is 2.14 bits per heavy atom. The first-order chi connectivity index (χ1) is 6.65. The van der Waals surface area contributed by atoms with Crippen molar-refractivity contribution in [3.63, 3.8) is 0 Å². The topological polar surface area (TPSA) is 26.0 Å². The lowest BCUT2D eigenvalue weighted by atomic mass is 10.0. The number of rotatable bonds is 2. The molecule has 3 heteroatoms. The first kappa shape index (κ1) is 9.59. The molecule has 0 saturated carbocycles. The summed E-state index contributed by atoms with van der Waals surface area (Å²) in [6.45, 7) is 4.39. The zero-order valence-electron chi connectivity index (χ0n) is 8.57. The third-order valence-corrected chi connectivity index (χ3v) is 3.76. The maximum atomic E-state index is 5.28. The van der Waals surface area contributed by atoms with Crippen molar-refractivity contribution in [3.05, 3.63) is 30.2 Å². The van der Waals surface area contributed by atoms with Crippen LogP contribution in [0.4, 0.5) is 0 Å². The molecule has 0 N–H and O–H groups in total. The zero-order valence-corrected chi connectivity index (χ0v) is 9.39. The molecule has 2 nitrogen and oxygen atoms in total. The lowest BCUT2D eigenvalue weighted by molar-refractivity contribution is 0.602. The van der Waals surface area contributed by atoms with Crippen molar-refractivity contribution in [2.45, 2.75) is 18.6 Å². The van der Waals surface area contributed by atoms with E-state index in [4.69, 9.17) is 4.42 Å². The van der Waals surface area contributed by atoms with Gasteiger partial charge >= 0.3 is 0 Å². The Bertz CT molecular complexity index is 447. The Hall–Kier alpha value is -0.960. The molecular weight excluding hydrogens is 194 g/mol. The molecule has 1 heterocycles. The highest BCUT2D eigenvalue weighted by atomic mass is 32.2. The largest absolute Gasteiger partial charge is 0.443 e. The summed E-state index contributed by atoms with van der Waals surface area (Å²) >= 11 is 1.82. The zero-order chi connectivity index (χ0) is 10.2.